The normalized spacial score (nSPS) is 23.1. The van der Waals surface area contributed by atoms with Crippen molar-refractivity contribution < 1.29 is 13.7 Å². The number of hydrogen-bond donors (Lipinski definition) is 0. The van der Waals surface area contributed by atoms with Crippen molar-refractivity contribution in [2.75, 3.05) is 0 Å². The summed E-state index contributed by atoms with van der Waals surface area (Å²) in [5, 5.41) is 0. The largest absolute Gasteiger partial charge is 0.447 e. The van der Waals surface area contributed by atoms with E-state index in [9.17, 15) is 9.00 Å². The van der Waals surface area contributed by atoms with E-state index < -0.39 is 6.09 Å². The van der Waals surface area contributed by atoms with Gasteiger partial charge in [-0.05, 0) is 24.8 Å². The summed E-state index contributed by atoms with van der Waals surface area (Å²) in [7, 11) is 0. The van der Waals surface area contributed by atoms with E-state index in [-0.39, 0.29) is 23.5 Å². The van der Waals surface area contributed by atoms with E-state index >= 15 is 0 Å². The summed E-state index contributed by atoms with van der Waals surface area (Å²) in [4.78, 5) is 11.3. The number of amides is 1. The highest BCUT2D eigenvalue weighted by Crippen LogP contribution is 2.35. The van der Waals surface area contributed by atoms with Gasteiger partial charge in [-0.3, -0.25) is 0 Å². The van der Waals surface area contributed by atoms with Crippen LogP contribution in [0, 0.1) is 0 Å². The van der Waals surface area contributed by atoms with E-state index in [1.807, 2.05) is 18.2 Å². The maximum atomic E-state index is 11.3. The minimum atomic E-state index is -0.761. The molecule has 4 nitrogen and oxygen atoms in total. The topological polar surface area (TPSA) is 55.7 Å². The van der Waals surface area contributed by atoms with Gasteiger partial charge in [-0.2, -0.15) is 4.21 Å². The van der Waals surface area contributed by atoms with Crippen LogP contribution >= 0.6 is 0 Å². The first-order valence-corrected chi connectivity index (χ1v) is 6.76. The molecule has 1 saturated carbocycles. The van der Waals surface area contributed by atoms with Gasteiger partial charge in [0.2, 0.25) is 11.5 Å². The lowest BCUT2D eigenvalue weighted by Crippen LogP contribution is -2.27. The van der Waals surface area contributed by atoms with E-state index in [4.69, 9.17) is 4.74 Å². The molecule has 0 saturated heterocycles. The third-order valence-electron chi connectivity index (χ3n) is 3.29. The molecular weight excluding hydrogens is 250 g/mol. The summed E-state index contributed by atoms with van der Waals surface area (Å²) < 4.78 is 18.6. The quantitative estimate of drug-likeness (QED) is 0.824. The SMILES string of the molecule is O=S=NC(=O)O[C@@H]1CCCC[C@H]1c1ccccc1. The zero-order chi connectivity index (χ0) is 12.8. The summed E-state index contributed by atoms with van der Waals surface area (Å²) in [6, 6.07) is 10.0. The zero-order valence-electron chi connectivity index (χ0n) is 9.95. The van der Waals surface area contributed by atoms with Crippen molar-refractivity contribution in [2.45, 2.75) is 37.7 Å². The highest BCUT2D eigenvalue weighted by molar-refractivity contribution is 7.55. The summed E-state index contributed by atoms with van der Waals surface area (Å²) >= 11 is -0.104. The van der Waals surface area contributed by atoms with E-state index in [0.29, 0.717) is 0 Å². The van der Waals surface area contributed by atoms with Crippen molar-refractivity contribution in [3.8, 4) is 0 Å². The molecule has 0 N–H and O–H groups in total. The van der Waals surface area contributed by atoms with E-state index in [0.717, 1.165) is 25.7 Å². The third kappa shape index (κ3) is 3.26. The molecule has 0 heterocycles. The van der Waals surface area contributed by atoms with Crippen LogP contribution in [-0.2, 0) is 16.2 Å². The van der Waals surface area contributed by atoms with Crippen molar-refractivity contribution in [3.05, 3.63) is 35.9 Å². The van der Waals surface area contributed by atoms with Crippen molar-refractivity contribution in [1.29, 1.82) is 0 Å². The van der Waals surface area contributed by atoms with Crippen molar-refractivity contribution in [2.24, 2.45) is 4.36 Å². The standard InChI is InChI=1S/C13H15NO3S/c15-13(14-18-16)17-12-9-5-4-8-11(12)10-6-2-1-3-7-10/h1-3,6-7,11-12H,4-5,8-9H2/t11-,12+/m0/s1. The number of benzene rings is 1. The van der Waals surface area contributed by atoms with Crippen LogP contribution < -0.4 is 0 Å². The molecule has 1 aromatic carbocycles. The van der Waals surface area contributed by atoms with Gasteiger partial charge >= 0.3 is 6.09 Å². The number of nitrogens with zero attached hydrogens (tertiary/aromatic N) is 1. The Morgan fingerprint density at radius 3 is 2.67 bits per heavy atom. The molecule has 0 spiro atoms. The Morgan fingerprint density at radius 2 is 1.94 bits per heavy atom. The van der Waals surface area contributed by atoms with Gasteiger partial charge in [0.15, 0.2) is 0 Å². The smallest absolute Gasteiger partial charge is 0.443 e. The maximum Gasteiger partial charge on any atom is 0.447 e. The molecule has 0 unspecified atom stereocenters. The first kappa shape index (κ1) is 13.0. The minimum absolute atomic E-state index is 0.104. The second-order valence-electron chi connectivity index (χ2n) is 4.39. The van der Waals surface area contributed by atoms with Crippen LogP contribution in [0.5, 0.6) is 0 Å². The lowest BCUT2D eigenvalue weighted by atomic mass is 9.81. The fourth-order valence-corrected chi connectivity index (χ4v) is 2.60. The summed E-state index contributed by atoms with van der Waals surface area (Å²) in [6.45, 7) is 0. The molecule has 2 atom stereocenters. The van der Waals surface area contributed by atoms with E-state index in [1.54, 1.807) is 0 Å². The van der Waals surface area contributed by atoms with Gasteiger partial charge in [-0.25, -0.2) is 4.79 Å². The summed E-state index contributed by atoms with van der Waals surface area (Å²) in [6.07, 6.45) is 3.11. The van der Waals surface area contributed by atoms with Gasteiger partial charge in [0.05, 0.1) is 0 Å². The highest BCUT2D eigenvalue weighted by atomic mass is 32.1. The lowest BCUT2D eigenvalue weighted by Gasteiger charge is -2.30. The molecule has 18 heavy (non-hydrogen) atoms. The molecule has 1 fully saturated rings. The van der Waals surface area contributed by atoms with Crippen LogP contribution in [-0.4, -0.2) is 16.4 Å². The zero-order valence-corrected chi connectivity index (χ0v) is 10.8. The Balaban J connectivity index is 2.11. The van der Waals surface area contributed by atoms with Gasteiger partial charge in [-0.15, -0.1) is 0 Å². The number of ether oxygens (including phenoxy) is 1. The predicted octanol–water partition coefficient (Wildman–Crippen LogP) is 3.25. The number of carbonyl (C=O) groups excluding carboxylic acids is 1. The van der Waals surface area contributed by atoms with E-state index in [2.05, 4.69) is 16.5 Å². The van der Waals surface area contributed by atoms with Crippen molar-refractivity contribution in [1.82, 2.24) is 0 Å². The predicted molar refractivity (Wildman–Crippen MR) is 68.5 cm³/mol. The molecule has 0 bridgehead atoms. The van der Waals surface area contributed by atoms with Gasteiger partial charge in [0.1, 0.15) is 6.10 Å². The van der Waals surface area contributed by atoms with Crippen molar-refractivity contribution in [3.63, 3.8) is 0 Å². The Morgan fingerprint density at radius 1 is 1.22 bits per heavy atom. The van der Waals surface area contributed by atoms with Crippen LogP contribution in [0.15, 0.2) is 34.7 Å². The second-order valence-corrected chi connectivity index (χ2v) is 4.72. The monoisotopic (exact) mass is 265 g/mol. The Kier molecular flexibility index (Phi) is 4.64. The van der Waals surface area contributed by atoms with Crippen LogP contribution in [0.2, 0.25) is 0 Å². The Bertz CT molecular complexity index is 457. The molecule has 5 heteroatoms. The van der Waals surface area contributed by atoms with E-state index in [1.165, 1.54) is 5.56 Å². The Labute approximate surface area is 110 Å². The highest BCUT2D eigenvalue weighted by Gasteiger charge is 2.29. The molecule has 1 amide bonds. The second kappa shape index (κ2) is 6.44. The van der Waals surface area contributed by atoms with Gasteiger partial charge < -0.3 is 4.74 Å². The molecule has 0 radical (unpaired) electrons. The fraction of sp³-hybridized carbons (Fsp3) is 0.462. The number of carbonyl (C=O) groups is 1. The number of rotatable bonds is 2. The fourth-order valence-electron chi connectivity index (χ4n) is 2.50. The van der Waals surface area contributed by atoms with Gasteiger partial charge in [0, 0.05) is 5.92 Å². The number of hydrogen-bond acceptors (Lipinski definition) is 3. The molecule has 96 valence electrons. The van der Waals surface area contributed by atoms with Crippen LogP contribution in [0.4, 0.5) is 4.79 Å². The van der Waals surface area contributed by atoms with Crippen LogP contribution in [0.25, 0.3) is 0 Å². The average molecular weight is 265 g/mol. The summed E-state index contributed by atoms with van der Waals surface area (Å²) in [5.41, 5.74) is 1.18. The first-order chi connectivity index (χ1) is 8.81. The average Bonchev–Trinajstić information content (AvgIpc) is 2.40. The molecule has 1 aliphatic rings. The van der Waals surface area contributed by atoms with Crippen molar-refractivity contribution >= 4 is 17.6 Å². The minimum Gasteiger partial charge on any atom is -0.443 e. The molecule has 0 aliphatic heterocycles. The third-order valence-corrected chi connectivity index (χ3v) is 3.52. The van der Waals surface area contributed by atoms with Crippen LogP contribution in [0.3, 0.4) is 0 Å². The molecule has 1 aromatic rings. The Hall–Kier alpha value is -1.49. The van der Waals surface area contributed by atoms with Gasteiger partial charge in [0.25, 0.3) is 0 Å². The lowest BCUT2D eigenvalue weighted by molar-refractivity contribution is 0.0686. The molecule has 1 aliphatic carbocycles. The summed E-state index contributed by atoms with van der Waals surface area (Å²) in [5.74, 6) is 0.218. The van der Waals surface area contributed by atoms with Crippen LogP contribution in [0.1, 0.15) is 37.2 Å². The molecular formula is C13H15NO3S. The van der Waals surface area contributed by atoms with Gasteiger partial charge in [-0.1, -0.05) is 41.1 Å². The first-order valence-electron chi connectivity index (χ1n) is 6.07. The maximum absolute atomic E-state index is 11.3. The molecule has 0 aromatic heterocycles. The molecule has 2 rings (SSSR count).